The van der Waals surface area contributed by atoms with E-state index in [1.165, 1.54) is 0 Å². The molecule has 0 aromatic heterocycles. The fourth-order valence-corrected chi connectivity index (χ4v) is 3.05. The summed E-state index contributed by atoms with van der Waals surface area (Å²) < 4.78 is 19.2. The zero-order valence-electron chi connectivity index (χ0n) is 11.6. The number of rotatable bonds is 5. The Labute approximate surface area is 134 Å². The summed E-state index contributed by atoms with van der Waals surface area (Å²) in [6, 6.07) is 6.00. The molecule has 1 fully saturated rings. The van der Waals surface area contributed by atoms with Gasteiger partial charge in [0, 0.05) is 36.7 Å². The highest BCUT2D eigenvalue weighted by Crippen LogP contribution is 2.33. The first kappa shape index (κ1) is 17.7. The summed E-state index contributed by atoms with van der Waals surface area (Å²) in [5.74, 6) is 0.817. The van der Waals surface area contributed by atoms with Crippen molar-refractivity contribution in [2.24, 2.45) is 0 Å². The van der Waals surface area contributed by atoms with Gasteiger partial charge in [-0.15, -0.1) is 12.4 Å². The van der Waals surface area contributed by atoms with E-state index in [9.17, 15) is 4.39 Å². The molecule has 1 aromatic rings. The van der Waals surface area contributed by atoms with Gasteiger partial charge in [-0.25, -0.2) is 0 Å². The molecule has 20 heavy (non-hydrogen) atoms. The lowest BCUT2D eigenvalue weighted by atomic mass is 10.0. The van der Waals surface area contributed by atoms with Crippen LogP contribution in [0.3, 0.4) is 0 Å². The Bertz CT molecular complexity index is 416. The number of hydrogen-bond donors (Lipinski definition) is 1. The van der Waals surface area contributed by atoms with Gasteiger partial charge in [0.2, 0.25) is 0 Å². The van der Waals surface area contributed by atoms with Gasteiger partial charge in [-0.3, -0.25) is 9.29 Å². The Kier molecular flexibility index (Phi) is 7.80. The second kappa shape index (κ2) is 8.82. The number of nitrogens with zero attached hydrogens (tertiary/aromatic N) is 1. The summed E-state index contributed by atoms with van der Waals surface area (Å²) in [7, 11) is 1.65. The van der Waals surface area contributed by atoms with Crippen molar-refractivity contribution in [3.8, 4) is 5.75 Å². The average molecular weight is 368 g/mol. The van der Waals surface area contributed by atoms with Crippen LogP contribution in [0.25, 0.3) is 0 Å². The normalized spacial score (nSPS) is 17.4. The van der Waals surface area contributed by atoms with Crippen molar-refractivity contribution in [3.63, 3.8) is 0 Å². The first-order valence-electron chi connectivity index (χ1n) is 6.60. The van der Waals surface area contributed by atoms with Gasteiger partial charge in [0.1, 0.15) is 5.75 Å². The van der Waals surface area contributed by atoms with E-state index in [-0.39, 0.29) is 25.1 Å². The molecule has 1 aromatic carbocycles. The molecule has 2 rings (SSSR count). The molecule has 1 atom stereocenters. The third-order valence-corrected chi connectivity index (χ3v) is 4.26. The molecular formula is C14H21BrClFN2O. The zero-order valence-corrected chi connectivity index (χ0v) is 14.0. The van der Waals surface area contributed by atoms with E-state index in [1.54, 1.807) is 7.11 Å². The summed E-state index contributed by atoms with van der Waals surface area (Å²) in [5, 5.41) is 3.33. The topological polar surface area (TPSA) is 24.5 Å². The molecule has 0 saturated carbocycles. The Morgan fingerprint density at radius 2 is 2.10 bits per heavy atom. The molecule has 1 aliphatic heterocycles. The standard InChI is InChI=1S/C14H20BrFN2O.ClH/c1-19-11-2-3-13(15)12(10-11)14(4-5-16)18-8-6-17-7-9-18;/h2-3,10,14,17H,4-9H2,1H3;1H/t14-;/m0./s1. The lowest BCUT2D eigenvalue weighted by Crippen LogP contribution is -2.45. The van der Waals surface area contributed by atoms with Crippen LogP contribution in [0.4, 0.5) is 4.39 Å². The molecule has 0 bridgehead atoms. The number of hydrogen-bond acceptors (Lipinski definition) is 3. The molecule has 0 aliphatic carbocycles. The van der Waals surface area contributed by atoms with Crippen molar-refractivity contribution in [3.05, 3.63) is 28.2 Å². The molecule has 6 heteroatoms. The van der Waals surface area contributed by atoms with Crippen molar-refractivity contribution in [2.75, 3.05) is 40.0 Å². The Morgan fingerprint density at radius 1 is 1.40 bits per heavy atom. The molecule has 1 aliphatic rings. The minimum absolute atomic E-state index is 0. The van der Waals surface area contributed by atoms with Crippen LogP contribution in [0.5, 0.6) is 5.75 Å². The van der Waals surface area contributed by atoms with Gasteiger partial charge < -0.3 is 10.1 Å². The Balaban J connectivity index is 0.00000200. The molecular weight excluding hydrogens is 347 g/mol. The van der Waals surface area contributed by atoms with Crippen molar-refractivity contribution >= 4 is 28.3 Å². The van der Waals surface area contributed by atoms with E-state index in [2.05, 4.69) is 26.1 Å². The first-order chi connectivity index (χ1) is 9.26. The molecule has 3 nitrogen and oxygen atoms in total. The summed E-state index contributed by atoms with van der Waals surface area (Å²) in [4.78, 5) is 2.34. The van der Waals surface area contributed by atoms with E-state index in [0.717, 1.165) is 42.0 Å². The number of piperazine rings is 1. The fourth-order valence-electron chi connectivity index (χ4n) is 2.54. The van der Waals surface area contributed by atoms with Crippen LogP contribution in [0.15, 0.2) is 22.7 Å². The molecule has 0 amide bonds. The maximum absolute atomic E-state index is 12.9. The zero-order chi connectivity index (χ0) is 13.7. The second-order valence-corrected chi connectivity index (χ2v) is 5.52. The highest BCUT2D eigenvalue weighted by Gasteiger charge is 2.24. The lowest BCUT2D eigenvalue weighted by molar-refractivity contribution is 0.157. The number of nitrogens with one attached hydrogen (secondary N) is 1. The monoisotopic (exact) mass is 366 g/mol. The average Bonchev–Trinajstić information content (AvgIpc) is 2.47. The van der Waals surface area contributed by atoms with Crippen LogP contribution in [0.2, 0.25) is 0 Å². The highest BCUT2D eigenvalue weighted by molar-refractivity contribution is 9.10. The number of halogens is 3. The second-order valence-electron chi connectivity index (χ2n) is 4.67. The van der Waals surface area contributed by atoms with Gasteiger partial charge in [0.15, 0.2) is 0 Å². The van der Waals surface area contributed by atoms with Gasteiger partial charge in [0.05, 0.1) is 13.8 Å². The van der Waals surface area contributed by atoms with Gasteiger partial charge in [-0.2, -0.15) is 0 Å². The Morgan fingerprint density at radius 3 is 2.70 bits per heavy atom. The number of benzene rings is 1. The van der Waals surface area contributed by atoms with Gasteiger partial charge >= 0.3 is 0 Å². The fraction of sp³-hybridized carbons (Fsp3) is 0.571. The van der Waals surface area contributed by atoms with Crippen LogP contribution < -0.4 is 10.1 Å². The van der Waals surface area contributed by atoms with E-state index in [0.29, 0.717) is 6.42 Å². The van der Waals surface area contributed by atoms with Gasteiger partial charge in [-0.1, -0.05) is 15.9 Å². The summed E-state index contributed by atoms with van der Waals surface area (Å²) in [6.45, 7) is 3.52. The van der Waals surface area contributed by atoms with E-state index in [4.69, 9.17) is 4.74 Å². The van der Waals surface area contributed by atoms with E-state index >= 15 is 0 Å². The Hall–Kier alpha value is -0.360. The van der Waals surface area contributed by atoms with E-state index < -0.39 is 0 Å². The number of alkyl halides is 1. The van der Waals surface area contributed by atoms with E-state index in [1.807, 2.05) is 18.2 Å². The summed E-state index contributed by atoms with van der Waals surface area (Å²) >= 11 is 3.58. The van der Waals surface area contributed by atoms with Crippen molar-refractivity contribution in [1.29, 1.82) is 0 Å². The quantitative estimate of drug-likeness (QED) is 0.865. The predicted molar refractivity (Wildman–Crippen MR) is 85.7 cm³/mol. The molecule has 0 radical (unpaired) electrons. The van der Waals surface area contributed by atoms with Crippen LogP contribution >= 0.6 is 28.3 Å². The lowest BCUT2D eigenvalue weighted by Gasteiger charge is -2.35. The van der Waals surface area contributed by atoms with Crippen LogP contribution in [-0.4, -0.2) is 44.9 Å². The molecule has 114 valence electrons. The maximum Gasteiger partial charge on any atom is 0.119 e. The smallest absolute Gasteiger partial charge is 0.119 e. The minimum atomic E-state index is -0.307. The maximum atomic E-state index is 12.9. The third kappa shape index (κ3) is 4.32. The molecule has 1 N–H and O–H groups in total. The number of ether oxygens (including phenoxy) is 1. The van der Waals surface area contributed by atoms with Crippen molar-refractivity contribution < 1.29 is 9.13 Å². The predicted octanol–water partition coefficient (Wildman–Crippen LogP) is 3.19. The largest absolute Gasteiger partial charge is 0.497 e. The van der Waals surface area contributed by atoms with Crippen molar-refractivity contribution in [2.45, 2.75) is 12.5 Å². The number of methoxy groups -OCH3 is 1. The molecule has 0 spiro atoms. The SMILES string of the molecule is COc1ccc(Br)c([C@H](CCF)N2CCNCC2)c1.Cl. The third-order valence-electron chi connectivity index (χ3n) is 3.54. The highest BCUT2D eigenvalue weighted by atomic mass is 79.9. The van der Waals surface area contributed by atoms with Gasteiger partial charge in [0.25, 0.3) is 0 Å². The summed E-state index contributed by atoms with van der Waals surface area (Å²) in [5.41, 5.74) is 1.11. The molecule has 1 saturated heterocycles. The van der Waals surface area contributed by atoms with Crippen LogP contribution in [0.1, 0.15) is 18.0 Å². The van der Waals surface area contributed by atoms with Gasteiger partial charge in [-0.05, 0) is 30.2 Å². The van der Waals surface area contributed by atoms with Crippen LogP contribution in [0, 0.1) is 0 Å². The molecule has 1 heterocycles. The summed E-state index contributed by atoms with van der Waals surface area (Å²) in [6.07, 6.45) is 0.520. The minimum Gasteiger partial charge on any atom is -0.497 e. The molecule has 0 unspecified atom stereocenters. The first-order valence-corrected chi connectivity index (χ1v) is 7.39. The van der Waals surface area contributed by atoms with Crippen molar-refractivity contribution in [1.82, 2.24) is 10.2 Å². The van der Waals surface area contributed by atoms with Crippen LogP contribution in [-0.2, 0) is 0 Å².